The third-order valence-corrected chi connectivity index (χ3v) is 3.49. The van der Waals surface area contributed by atoms with E-state index < -0.39 is 31.1 Å². The molecule has 1 heterocycles. The fourth-order valence-electron chi connectivity index (χ4n) is 2.42. The van der Waals surface area contributed by atoms with Crippen LogP contribution in [0.2, 0.25) is 0 Å². The van der Waals surface area contributed by atoms with E-state index in [1.54, 1.807) is 18.2 Å². The molecule has 1 aromatic rings. The van der Waals surface area contributed by atoms with E-state index >= 15 is 0 Å². The van der Waals surface area contributed by atoms with E-state index in [0.29, 0.717) is 17.1 Å². The summed E-state index contributed by atoms with van der Waals surface area (Å²) >= 11 is 0. The highest BCUT2D eigenvalue weighted by atomic mass is 16.6. The molecule has 132 valence electrons. The van der Waals surface area contributed by atoms with Gasteiger partial charge in [-0.25, -0.2) is 0 Å². The number of benzene rings is 1. The summed E-state index contributed by atoms with van der Waals surface area (Å²) in [5.74, 6) is -0.562. The Hall–Kier alpha value is -2.20. The number of amides is 2. The Morgan fingerprint density at radius 3 is 2.29 bits per heavy atom. The lowest BCUT2D eigenvalue weighted by molar-refractivity contribution is -0.115. The summed E-state index contributed by atoms with van der Waals surface area (Å²) in [6, 6.07) is 4.74. The van der Waals surface area contributed by atoms with Crippen LogP contribution in [0.25, 0.3) is 0 Å². The summed E-state index contributed by atoms with van der Waals surface area (Å²) < 4.78 is 5.36. The second-order valence-corrected chi connectivity index (χ2v) is 5.53. The van der Waals surface area contributed by atoms with Gasteiger partial charge in [-0.05, 0) is 18.2 Å². The quantitative estimate of drug-likeness (QED) is 0.423. The van der Waals surface area contributed by atoms with Crippen molar-refractivity contribution in [2.75, 3.05) is 22.6 Å². The van der Waals surface area contributed by atoms with Gasteiger partial charge in [-0.15, -0.1) is 0 Å². The van der Waals surface area contributed by atoms with Crippen LogP contribution in [0.1, 0.15) is 13.8 Å². The molecule has 6 N–H and O–H groups in total. The van der Waals surface area contributed by atoms with Crippen molar-refractivity contribution in [2.24, 2.45) is 0 Å². The van der Waals surface area contributed by atoms with Crippen LogP contribution in [0.15, 0.2) is 18.2 Å². The van der Waals surface area contributed by atoms with Gasteiger partial charge in [0.05, 0.1) is 18.0 Å². The van der Waals surface area contributed by atoms with Gasteiger partial charge in [-0.3, -0.25) is 9.59 Å². The summed E-state index contributed by atoms with van der Waals surface area (Å²) in [4.78, 5) is 22.5. The Bertz CT molecular complexity index is 623. The number of anilines is 3. The number of aliphatic hydroxyl groups is 3. The minimum absolute atomic E-state index is 0.263. The van der Waals surface area contributed by atoms with E-state index in [4.69, 9.17) is 9.84 Å². The molecule has 1 aromatic carbocycles. The molecule has 2 amide bonds. The molecule has 0 spiro atoms. The summed E-state index contributed by atoms with van der Waals surface area (Å²) in [5.41, 5.74) is 1.27. The maximum atomic E-state index is 11.3. The molecule has 0 saturated carbocycles. The van der Waals surface area contributed by atoms with Crippen LogP contribution in [-0.4, -0.2) is 58.3 Å². The molecular weight excluding hydrogens is 318 g/mol. The van der Waals surface area contributed by atoms with Crippen molar-refractivity contribution in [2.45, 2.75) is 38.4 Å². The highest BCUT2D eigenvalue weighted by molar-refractivity contribution is 5.95. The molecule has 0 aromatic heterocycles. The second kappa shape index (κ2) is 7.58. The number of rotatable bonds is 5. The molecule has 0 aliphatic carbocycles. The van der Waals surface area contributed by atoms with Crippen molar-refractivity contribution >= 4 is 28.9 Å². The SMILES string of the molecule is CC(=O)Nc1ccc(NC(C)=O)c(NC2OC(CO)C(O)C2O)c1. The fourth-order valence-corrected chi connectivity index (χ4v) is 2.42. The van der Waals surface area contributed by atoms with Crippen LogP contribution < -0.4 is 16.0 Å². The first-order valence-corrected chi connectivity index (χ1v) is 7.40. The summed E-state index contributed by atoms with van der Waals surface area (Å²) in [5, 5.41) is 37.0. The highest BCUT2D eigenvalue weighted by Crippen LogP contribution is 2.30. The number of hydrogen-bond acceptors (Lipinski definition) is 7. The van der Waals surface area contributed by atoms with E-state index in [-0.39, 0.29) is 11.8 Å². The third-order valence-electron chi connectivity index (χ3n) is 3.49. The van der Waals surface area contributed by atoms with E-state index in [2.05, 4.69) is 16.0 Å². The average molecular weight is 339 g/mol. The monoisotopic (exact) mass is 339 g/mol. The Morgan fingerprint density at radius 1 is 1.08 bits per heavy atom. The minimum Gasteiger partial charge on any atom is -0.394 e. The van der Waals surface area contributed by atoms with Gasteiger partial charge in [0.25, 0.3) is 0 Å². The van der Waals surface area contributed by atoms with Crippen LogP contribution in [0.3, 0.4) is 0 Å². The molecule has 1 aliphatic rings. The van der Waals surface area contributed by atoms with Crippen LogP contribution in [0.5, 0.6) is 0 Å². The Balaban J connectivity index is 2.25. The lowest BCUT2D eigenvalue weighted by Crippen LogP contribution is -2.36. The minimum atomic E-state index is -1.27. The molecular formula is C15H21N3O6. The zero-order chi connectivity index (χ0) is 17.9. The van der Waals surface area contributed by atoms with Gasteiger partial charge >= 0.3 is 0 Å². The van der Waals surface area contributed by atoms with Crippen LogP contribution in [0, 0.1) is 0 Å². The molecule has 24 heavy (non-hydrogen) atoms. The largest absolute Gasteiger partial charge is 0.394 e. The third kappa shape index (κ3) is 4.20. The molecule has 2 rings (SSSR count). The first kappa shape index (κ1) is 18.1. The maximum Gasteiger partial charge on any atom is 0.221 e. The Kier molecular flexibility index (Phi) is 5.73. The molecule has 0 bridgehead atoms. The van der Waals surface area contributed by atoms with Crippen molar-refractivity contribution in [3.63, 3.8) is 0 Å². The molecule has 1 fully saturated rings. The zero-order valence-electron chi connectivity index (χ0n) is 13.3. The first-order chi connectivity index (χ1) is 11.3. The first-order valence-electron chi connectivity index (χ1n) is 7.40. The molecule has 9 nitrogen and oxygen atoms in total. The summed E-state index contributed by atoms with van der Waals surface area (Å²) in [6.07, 6.45) is -4.41. The van der Waals surface area contributed by atoms with Gasteiger partial charge in [0.15, 0.2) is 6.23 Å². The van der Waals surface area contributed by atoms with E-state index in [1.807, 2.05) is 0 Å². The summed E-state index contributed by atoms with van der Waals surface area (Å²) in [6.45, 7) is 2.26. The lowest BCUT2D eigenvalue weighted by Gasteiger charge is -2.21. The van der Waals surface area contributed by atoms with E-state index in [9.17, 15) is 19.8 Å². The summed E-state index contributed by atoms with van der Waals surface area (Å²) in [7, 11) is 0. The van der Waals surface area contributed by atoms with Crippen molar-refractivity contribution < 1.29 is 29.6 Å². The number of ether oxygens (including phenoxy) is 1. The van der Waals surface area contributed by atoms with Gasteiger partial charge in [-0.1, -0.05) is 0 Å². The normalized spacial score (nSPS) is 26.0. The van der Waals surface area contributed by atoms with Crippen molar-refractivity contribution in [3.05, 3.63) is 18.2 Å². The number of carbonyl (C=O) groups is 2. The predicted octanol–water partition coefficient (Wildman–Crippen LogP) is -0.546. The molecule has 0 radical (unpaired) electrons. The lowest BCUT2D eigenvalue weighted by atomic mass is 10.1. The van der Waals surface area contributed by atoms with E-state index in [1.165, 1.54) is 13.8 Å². The van der Waals surface area contributed by atoms with Gasteiger partial charge < -0.3 is 36.0 Å². The fraction of sp³-hybridized carbons (Fsp3) is 0.467. The maximum absolute atomic E-state index is 11.3. The number of hydrogen-bond donors (Lipinski definition) is 6. The predicted molar refractivity (Wildman–Crippen MR) is 86.4 cm³/mol. The molecule has 1 aliphatic heterocycles. The van der Waals surface area contributed by atoms with Crippen molar-refractivity contribution in [1.29, 1.82) is 0 Å². The van der Waals surface area contributed by atoms with E-state index in [0.717, 1.165) is 0 Å². The number of aliphatic hydroxyl groups excluding tert-OH is 3. The topological polar surface area (TPSA) is 140 Å². The zero-order valence-corrected chi connectivity index (χ0v) is 13.3. The molecule has 4 unspecified atom stereocenters. The Labute approximate surface area is 138 Å². The number of carbonyl (C=O) groups excluding carboxylic acids is 2. The average Bonchev–Trinajstić information content (AvgIpc) is 2.76. The van der Waals surface area contributed by atoms with Gasteiger partial charge in [0, 0.05) is 19.5 Å². The van der Waals surface area contributed by atoms with Crippen LogP contribution in [0.4, 0.5) is 17.1 Å². The van der Waals surface area contributed by atoms with Crippen molar-refractivity contribution in [1.82, 2.24) is 0 Å². The number of nitrogens with one attached hydrogen (secondary N) is 3. The van der Waals surface area contributed by atoms with Gasteiger partial charge in [0.2, 0.25) is 11.8 Å². The van der Waals surface area contributed by atoms with Gasteiger partial charge in [-0.2, -0.15) is 0 Å². The standard InChI is InChI=1S/C15H21N3O6/c1-7(20)16-9-3-4-10(17-8(2)21)11(5-9)18-15-14(23)13(22)12(6-19)24-15/h3-5,12-15,18-19,22-23H,6H2,1-2H3,(H,16,20)(H,17,21). The molecule has 9 heteroatoms. The van der Waals surface area contributed by atoms with Gasteiger partial charge in [0.1, 0.15) is 18.3 Å². The van der Waals surface area contributed by atoms with Crippen molar-refractivity contribution in [3.8, 4) is 0 Å². The highest BCUT2D eigenvalue weighted by Gasteiger charge is 2.42. The van der Waals surface area contributed by atoms with Crippen LogP contribution in [-0.2, 0) is 14.3 Å². The smallest absolute Gasteiger partial charge is 0.221 e. The second-order valence-electron chi connectivity index (χ2n) is 5.53. The Morgan fingerprint density at radius 2 is 1.75 bits per heavy atom. The molecule has 4 atom stereocenters. The molecule has 1 saturated heterocycles. The van der Waals surface area contributed by atoms with Crippen LogP contribution >= 0.6 is 0 Å².